The Bertz CT molecular complexity index is 272. The Balaban J connectivity index is 1.97. The van der Waals surface area contributed by atoms with E-state index in [4.69, 9.17) is 5.11 Å². The Morgan fingerprint density at radius 3 is 3.38 bits per heavy atom. The van der Waals surface area contributed by atoms with Crippen molar-refractivity contribution in [3.05, 3.63) is 12.3 Å². The highest BCUT2D eigenvalue weighted by atomic mass is 16.3. The van der Waals surface area contributed by atoms with Crippen molar-refractivity contribution < 1.29 is 5.11 Å². The number of fused-ring (bicyclic) bond motifs is 1. The summed E-state index contributed by atoms with van der Waals surface area (Å²) in [6.45, 7) is 1.14. The summed E-state index contributed by atoms with van der Waals surface area (Å²) in [4.78, 5) is 8.24. The fraction of sp³-hybridized carbons (Fsp3) is 0.429. The van der Waals surface area contributed by atoms with Crippen LogP contribution in [-0.4, -0.2) is 47.2 Å². The van der Waals surface area contributed by atoms with Crippen molar-refractivity contribution in [1.29, 1.82) is 0 Å². The highest BCUT2D eigenvalue weighted by Gasteiger charge is 2.23. The van der Waals surface area contributed by atoms with Gasteiger partial charge in [0.15, 0.2) is 0 Å². The lowest BCUT2D eigenvalue weighted by Crippen LogP contribution is -2.47. The Kier molecular flexibility index (Phi) is 2.35. The standard InChI is InChI=1S/C7H11N5O/c13-5-3-10-12-6-9-7-8-2-1-4-11(7)12/h1-2,4,10,13H,3,5-6H2. The number of rotatable bonds is 3. The van der Waals surface area contributed by atoms with Gasteiger partial charge < -0.3 is 5.11 Å². The van der Waals surface area contributed by atoms with Gasteiger partial charge in [0.25, 0.3) is 0 Å². The monoisotopic (exact) mass is 181 g/mol. The minimum absolute atomic E-state index is 0.104. The van der Waals surface area contributed by atoms with Crippen LogP contribution in [-0.2, 0) is 0 Å². The van der Waals surface area contributed by atoms with E-state index in [0.717, 1.165) is 0 Å². The molecule has 6 heteroatoms. The van der Waals surface area contributed by atoms with Crippen molar-refractivity contribution in [2.75, 3.05) is 19.8 Å². The average molecular weight is 181 g/mol. The number of aliphatic imine (C=N–C) groups is 2. The molecule has 13 heavy (non-hydrogen) atoms. The molecule has 70 valence electrons. The van der Waals surface area contributed by atoms with Gasteiger partial charge in [-0.2, -0.15) is 0 Å². The first-order valence-electron chi connectivity index (χ1n) is 4.08. The van der Waals surface area contributed by atoms with Gasteiger partial charge in [-0.05, 0) is 6.08 Å². The number of nitrogens with zero attached hydrogens (tertiary/aromatic N) is 4. The second-order valence-electron chi connectivity index (χ2n) is 2.60. The number of hydrogen-bond donors (Lipinski definition) is 2. The first-order chi connectivity index (χ1) is 6.42. The van der Waals surface area contributed by atoms with E-state index < -0.39 is 0 Å². The number of nitrogens with one attached hydrogen (secondary N) is 1. The smallest absolute Gasteiger partial charge is 0.242 e. The molecule has 6 nitrogen and oxygen atoms in total. The summed E-state index contributed by atoms with van der Waals surface area (Å²) in [7, 11) is 0. The lowest BCUT2D eigenvalue weighted by atomic mass is 10.6. The molecule has 0 aromatic heterocycles. The molecule has 0 atom stereocenters. The highest BCUT2D eigenvalue weighted by Crippen LogP contribution is 2.09. The molecule has 0 bridgehead atoms. The van der Waals surface area contributed by atoms with E-state index in [1.54, 1.807) is 16.3 Å². The van der Waals surface area contributed by atoms with Gasteiger partial charge >= 0.3 is 0 Å². The van der Waals surface area contributed by atoms with Crippen LogP contribution < -0.4 is 5.43 Å². The molecular formula is C7H11N5O. The maximum Gasteiger partial charge on any atom is 0.242 e. The predicted molar refractivity (Wildman–Crippen MR) is 48.7 cm³/mol. The van der Waals surface area contributed by atoms with Crippen LogP contribution in [0.3, 0.4) is 0 Å². The second kappa shape index (κ2) is 3.65. The number of guanidine groups is 1. The van der Waals surface area contributed by atoms with Crippen molar-refractivity contribution >= 4 is 12.2 Å². The van der Waals surface area contributed by atoms with Crippen LogP contribution in [0.4, 0.5) is 0 Å². The number of aliphatic hydroxyl groups excluding tert-OH is 1. The minimum atomic E-state index is 0.104. The largest absolute Gasteiger partial charge is 0.395 e. The van der Waals surface area contributed by atoms with E-state index in [9.17, 15) is 0 Å². The summed E-state index contributed by atoms with van der Waals surface area (Å²) in [5.74, 6) is 0.674. The lowest BCUT2D eigenvalue weighted by Gasteiger charge is -2.26. The molecular weight excluding hydrogens is 170 g/mol. The Labute approximate surface area is 75.8 Å². The van der Waals surface area contributed by atoms with Crippen LogP contribution >= 0.6 is 0 Å². The van der Waals surface area contributed by atoms with Gasteiger partial charge in [-0.1, -0.05) is 0 Å². The fourth-order valence-electron chi connectivity index (χ4n) is 1.16. The molecule has 0 aliphatic carbocycles. The molecule has 0 unspecified atom stereocenters. The molecule has 2 heterocycles. The third-order valence-corrected chi connectivity index (χ3v) is 1.72. The van der Waals surface area contributed by atoms with Crippen LogP contribution in [0.15, 0.2) is 22.3 Å². The van der Waals surface area contributed by atoms with E-state index in [-0.39, 0.29) is 6.61 Å². The summed E-state index contributed by atoms with van der Waals surface area (Å²) < 4.78 is 0. The number of hydrogen-bond acceptors (Lipinski definition) is 6. The molecule has 2 rings (SSSR count). The van der Waals surface area contributed by atoms with Gasteiger partial charge in [0.2, 0.25) is 5.96 Å². The second-order valence-corrected chi connectivity index (χ2v) is 2.60. The summed E-state index contributed by atoms with van der Waals surface area (Å²) in [6.07, 6.45) is 5.39. The molecule has 2 N–H and O–H groups in total. The van der Waals surface area contributed by atoms with Crippen molar-refractivity contribution in [2.24, 2.45) is 9.98 Å². The molecule has 0 aromatic carbocycles. The van der Waals surface area contributed by atoms with Crippen molar-refractivity contribution in [3.63, 3.8) is 0 Å². The lowest BCUT2D eigenvalue weighted by molar-refractivity contribution is 0.0424. The SMILES string of the molecule is OCCNN1CN=C2N=CC=CN21. The Hall–Kier alpha value is -1.24. The average Bonchev–Trinajstić information content (AvgIpc) is 2.58. The zero-order valence-electron chi connectivity index (χ0n) is 7.09. The van der Waals surface area contributed by atoms with Crippen molar-refractivity contribution in [1.82, 2.24) is 15.6 Å². The maximum absolute atomic E-state index is 8.63. The summed E-state index contributed by atoms with van der Waals surface area (Å²) in [5, 5.41) is 12.2. The van der Waals surface area contributed by atoms with Gasteiger partial charge in [-0.3, -0.25) is 0 Å². The third kappa shape index (κ3) is 1.59. The number of aliphatic hydroxyl groups is 1. The quantitative estimate of drug-likeness (QED) is 0.582. The fourth-order valence-corrected chi connectivity index (χ4v) is 1.16. The van der Waals surface area contributed by atoms with E-state index in [1.165, 1.54) is 0 Å². The first kappa shape index (κ1) is 8.36. The van der Waals surface area contributed by atoms with Crippen LogP contribution in [0.2, 0.25) is 0 Å². The van der Waals surface area contributed by atoms with Gasteiger partial charge in [0.05, 0.1) is 6.61 Å². The topological polar surface area (TPSA) is 63.5 Å². The van der Waals surface area contributed by atoms with Gasteiger partial charge in [-0.25, -0.2) is 20.4 Å². The molecule has 0 fully saturated rings. The number of hydrazine groups is 2. The molecule has 0 aromatic rings. The molecule has 2 aliphatic rings. The van der Waals surface area contributed by atoms with Gasteiger partial charge in [0.1, 0.15) is 6.67 Å². The summed E-state index contributed by atoms with van der Waals surface area (Å²) in [6, 6.07) is 0. The summed E-state index contributed by atoms with van der Waals surface area (Å²) in [5.41, 5.74) is 3.00. The molecule has 0 radical (unpaired) electrons. The third-order valence-electron chi connectivity index (χ3n) is 1.72. The molecule has 0 saturated heterocycles. The van der Waals surface area contributed by atoms with E-state index in [0.29, 0.717) is 19.2 Å². The Morgan fingerprint density at radius 1 is 1.62 bits per heavy atom. The maximum atomic E-state index is 8.63. The van der Waals surface area contributed by atoms with Crippen LogP contribution in [0.25, 0.3) is 0 Å². The predicted octanol–water partition coefficient (Wildman–Crippen LogP) is -1.07. The zero-order valence-corrected chi connectivity index (χ0v) is 7.09. The van der Waals surface area contributed by atoms with E-state index >= 15 is 0 Å². The molecule has 2 aliphatic heterocycles. The molecule has 0 spiro atoms. The van der Waals surface area contributed by atoms with E-state index in [2.05, 4.69) is 15.4 Å². The van der Waals surface area contributed by atoms with Gasteiger partial charge in [-0.15, -0.1) is 5.12 Å². The number of allylic oxidation sites excluding steroid dienone is 1. The normalized spacial score (nSPS) is 20.7. The van der Waals surface area contributed by atoms with Crippen LogP contribution in [0.1, 0.15) is 0 Å². The van der Waals surface area contributed by atoms with Crippen molar-refractivity contribution in [2.45, 2.75) is 0 Å². The first-order valence-corrected chi connectivity index (χ1v) is 4.08. The zero-order chi connectivity index (χ0) is 9.10. The Morgan fingerprint density at radius 2 is 2.54 bits per heavy atom. The minimum Gasteiger partial charge on any atom is -0.395 e. The van der Waals surface area contributed by atoms with Gasteiger partial charge in [0, 0.05) is 19.0 Å². The molecule has 0 amide bonds. The summed E-state index contributed by atoms with van der Waals surface area (Å²) >= 11 is 0. The molecule has 0 saturated carbocycles. The van der Waals surface area contributed by atoms with E-state index in [1.807, 2.05) is 12.3 Å². The highest BCUT2D eigenvalue weighted by molar-refractivity contribution is 5.94. The van der Waals surface area contributed by atoms with Crippen LogP contribution in [0, 0.1) is 0 Å². The van der Waals surface area contributed by atoms with Crippen LogP contribution in [0.5, 0.6) is 0 Å². The van der Waals surface area contributed by atoms with Crippen molar-refractivity contribution in [3.8, 4) is 0 Å².